The van der Waals surface area contributed by atoms with Crippen LogP contribution in [0.5, 0.6) is 0 Å². The van der Waals surface area contributed by atoms with E-state index in [1.807, 2.05) is 27.7 Å². The number of anilines is 2. The van der Waals surface area contributed by atoms with Gasteiger partial charge in [0.15, 0.2) is 5.82 Å². The van der Waals surface area contributed by atoms with Crippen LogP contribution < -0.4 is 16.4 Å². The molecule has 0 unspecified atom stereocenters. The van der Waals surface area contributed by atoms with Gasteiger partial charge < -0.3 is 24.6 Å². The van der Waals surface area contributed by atoms with Crippen LogP contribution in [-0.2, 0) is 23.8 Å². The van der Waals surface area contributed by atoms with E-state index in [0.717, 1.165) is 10.2 Å². The molecular weight excluding hydrogens is 617 g/mol. The normalized spacial score (nSPS) is 15.1. The number of hydrogen-bond acceptors (Lipinski definition) is 9. The van der Waals surface area contributed by atoms with Crippen LogP contribution in [0.15, 0.2) is 70.8 Å². The fourth-order valence-corrected chi connectivity index (χ4v) is 5.78. The van der Waals surface area contributed by atoms with Gasteiger partial charge in [0.1, 0.15) is 17.3 Å². The topological polar surface area (TPSA) is 144 Å². The third-order valence-corrected chi connectivity index (χ3v) is 8.49. The van der Waals surface area contributed by atoms with Crippen molar-refractivity contribution >= 4 is 28.2 Å². The zero-order valence-electron chi connectivity index (χ0n) is 27.3. The lowest BCUT2D eigenvalue weighted by molar-refractivity contribution is 0.00357. The van der Waals surface area contributed by atoms with Crippen molar-refractivity contribution < 1.29 is 19.0 Å². The number of rotatable bonds is 6. The van der Waals surface area contributed by atoms with Gasteiger partial charge in [0.05, 0.1) is 43.0 Å². The van der Waals surface area contributed by atoms with Crippen molar-refractivity contribution in [2.45, 2.75) is 45.8 Å². The molecule has 1 aliphatic rings. The minimum atomic E-state index is -0.719. The Kier molecular flexibility index (Phi) is 8.67. The van der Waals surface area contributed by atoms with E-state index in [0.29, 0.717) is 47.7 Å². The summed E-state index contributed by atoms with van der Waals surface area (Å²) in [6, 6.07) is 9.56. The number of aliphatic hydroxyl groups is 1. The molecule has 13 heteroatoms. The van der Waals surface area contributed by atoms with Crippen molar-refractivity contribution in [3.05, 3.63) is 104 Å². The standard InChI is InChI=1S/C35H36FN7O5/c1-20-19-48-11-10-42(20)32(45)21-6-7-29(38-15-21)40-28-13-23(17-41(5)33(28)46)25-8-9-37-31(26(25)18-44)43-34(47)30-22(16-39-43)12-24(14-27(30)36)35(2,3)4/h6-9,12-17,20,44H,10-11,18-19H2,1-5H3,(H,38,40)/t20-/m0/s1. The van der Waals surface area contributed by atoms with Crippen LogP contribution in [0, 0.1) is 5.82 Å². The molecule has 1 saturated heterocycles. The summed E-state index contributed by atoms with van der Waals surface area (Å²) in [7, 11) is 1.58. The minimum Gasteiger partial charge on any atom is -0.392 e. The highest BCUT2D eigenvalue weighted by molar-refractivity contribution is 5.94. The molecule has 248 valence electrons. The fraction of sp³-hybridized carbons (Fsp3) is 0.314. The van der Waals surface area contributed by atoms with Gasteiger partial charge >= 0.3 is 0 Å². The number of ether oxygens (including phenoxy) is 1. The van der Waals surface area contributed by atoms with Crippen molar-refractivity contribution in [1.29, 1.82) is 0 Å². The second kappa shape index (κ2) is 12.7. The first kappa shape index (κ1) is 32.7. The van der Waals surface area contributed by atoms with E-state index in [9.17, 15) is 19.5 Å². The van der Waals surface area contributed by atoms with Crippen LogP contribution in [0.1, 0.15) is 49.2 Å². The summed E-state index contributed by atoms with van der Waals surface area (Å²) in [5, 5.41) is 18.1. The van der Waals surface area contributed by atoms with Gasteiger partial charge in [0.25, 0.3) is 17.0 Å². The number of hydrogen-bond donors (Lipinski definition) is 2. The van der Waals surface area contributed by atoms with Gasteiger partial charge in [-0.15, -0.1) is 0 Å². The molecule has 1 amide bonds. The Morgan fingerprint density at radius 1 is 1.10 bits per heavy atom. The largest absolute Gasteiger partial charge is 0.392 e. The molecule has 1 aromatic carbocycles. The van der Waals surface area contributed by atoms with Gasteiger partial charge in [-0.2, -0.15) is 9.78 Å². The summed E-state index contributed by atoms with van der Waals surface area (Å²) in [5.74, 6) is -0.445. The Bertz CT molecular complexity index is 2160. The molecule has 5 aromatic rings. The summed E-state index contributed by atoms with van der Waals surface area (Å²) in [6.45, 7) is 8.70. The Morgan fingerprint density at radius 2 is 1.90 bits per heavy atom. The average Bonchev–Trinajstić information content (AvgIpc) is 3.06. The van der Waals surface area contributed by atoms with E-state index in [-0.39, 0.29) is 45.4 Å². The number of carbonyl (C=O) groups is 1. The van der Waals surface area contributed by atoms with Gasteiger partial charge in [0.2, 0.25) is 0 Å². The number of aromatic nitrogens is 5. The molecule has 0 saturated carbocycles. The molecule has 1 fully saturated rings. The maximum atomic E-state index is 15.3. The lowest BCUT2D eigenvalue weighted by Crippen LogP contribution is -2.47. The van der Waals surface area contributed by atoms with Gasteiger partial charge in [-0.1, -0.05) is 20.8 Å². The van der Waals surface area contributed by atoms with Crippen molar-refractivity contribution in [3.63, 3.8) is 0 Å². The maximum absolute atomic E-state index is 15.3. The Hall–Kier alpha value is -5.27. The number of halogens is 1. The second-order valence-corrected chi connectivity index (χ2v) is 12.9. The molecule has 0 radical (unpaired) electrons. The number of aryl methyl sites for hydroxylation is 1. The summed E-state index contributed by atoms with van der Waals surface area (Å²) >= 11 is 0. The van der Waals surface area contributed by atoms with Crippen molar-refractivity contribution in [1.82, 2.24) is 29.2 Å². The number of morpholine rings is 1. The number of aliphatic hydroxyl groups excluding tert-OH is 1. The second-order valence-electron chi connectivity index (χ2n) is 12.9. The summed E-state index contributed by atoms with van der Waals surface area (Å²) in [5.41, 5.74) is 1.17. The molecule has 2 N–H and O–H groups in total. The maximum Gasteiger partial charge on any atom is 0.283 e. The number of amides is 1. The average molecular weight is 654 g/mol. The van der Waals surface area contributed by atoms with Crippen molar-refractivity contribution in [3.8, 4) is 16.9 Å². The molecule has 1 atom stereocenters. The van der Waals surface area contributed by atoms with Crippen molar-refractivity contribution in [2.24, 2.45) is 7.05 Å². The van der Waals surface area contributed by atoms with E-state index in [1.54, 1.807) is 48.5 Å². The van der Waals surface area contributed by atoms with E-state index < -0.39 is 18.0 Å². The van der Waals surface area contributed by atoms with E-state index >= 15 is 4.39 Å². The fourth-order valence-electron chi connectivity index (χ4n) is 5.78. The third kappa shape index (κ3) is 6.09. The number of carbonyl (C=O) groups excluding carboxylic acids is 1. The molecule has 12 nitrogen and oxygen atoms in total. The number of fused-ring (bicyclic) bond motifs is 1. The van der Waals surface area contributed by atoms with Crippen LogP contribution >= 0.6 is 0 Å². The first-order valence-corrected chi connectivity index (χ1v) is 15.5. The van der Waals surface area contributed by atoms with E-state index in [1.165, 1.54) is 29.2 Å². The molecule has 0 bridgehead atoms. The minimum absolute atomic E-state index is 0.0288. The van der Waals surface area contributed by atoms with E-state index in [4.69, 9.17) is 4.74 Å². The molecule has 48 heavy (non-hydrogen) atoms. The van der Waals surface area contributed by atoms with Crippen LogP contribution in [-0.4, -0.2) is 66.0 Å². The van der Waals surface area contributed by atoms with Gasteiger partial charge in [-0.3, -0.25) is 14.4 Å². The van der Waals surface area contributed by atoms with Gasteiger partial charge in [0, 0.05) is 48.7 Å². The first-order valence-electron chi connectivity index (χ1n) is 15.5. The van der Waals surface area contributed by atoms with Crippen LogP contribution in [0.3, 0.4) is 0 Å². The number of benzene rings is 1. The molecule has 1 aliphatic heterocycles. The first-order chi connectivity index (χ1) is 22.9. The Balaban J connectivity index is 1.35. The zero-order chi connectivity index (χ0) is 34.3. The van der Waals surface area contributed by atoms with Crippen LogP contribution in [0.2, 0.25) is 0 Å². The molecule has 5 heterocycles. The predicted octanol–water partition coefficient (Wildman–Crippen LogP) is 4.07. The molecule has 6 rings (SSSR count). The molecule has 0 spiro atoms. The smallest absolute Gasteiger partial charge is 0.283 e. The SMILES string of the molecule is C[C@H]1COCCN1C(=O)c1ccc(Nc2cc(-c3ccnc(-n4ncc5cc(C(C)(C)C)cc(F)c5c4=O)c3CO)cn(C)c2=O)nc1. The lowest BCUT2D eigenvalue weighted by Gasteiger charge is -2.33. The highest BCUT2D eigenvalue weighted by Crippen LogP contribution is 2.30. The molecule has 4 aromatic heterocycles. The highest BCUT2D eigenvalue weighted by Gasteiger charge is 2.25. The Morgan fingerprint density at radius 3 is 2.58 bits per heavy atom. The molecular formula is C35H36FN7O5. The monoisotopic (exact) mass is 653 g/mol. The Labute approximate surface area is 275 Å². The van der Waals surface area contributed by atoms with Crippen LogP contribution in [0.4, 0.5) is 15.9 Å². The number of nitrogens with one attached hydrogen (secondary N) is 1. The van der Waals surface area contributed by atoms with Crippen LogP contribution in [0.25, 0.3) is 27.7 Å². The van der Waals surface area contributed by atoms with Gasteiger partial charge in [-0.05, 0) is 59.9 Å². The number of pyridine rings is 3. The summed E-state index contributed by atoms with van der Waals surface area (Å²) in [4.78, 5) is 50.2. The zero-order valence-corrected chi connectivity index (χ0v) is 27.3. The quantitative estimate of drug-likeness (QED) is 0.277. The third-order valence-electron chi connectivity index (χ3n) is 8.49. The summed E-state index contributed by atoms with van der Waals surface area (Å²) in [6.07, 6.45) is 5.91. The summed E-state index contributed by atoms with van der Waals surface area (Å²) < 4.78 is 23.1. The van der Waals surface area contributed by atoms with Gasteiger partial charge in [-0.25, -0.2) is 14.4 Å². The lowest BCUT2D eigenvalue weighted by atomic mass is 9.86. The molecule has 0 aliphatic carbocycles. The van der Waals surface area contributed by atoms with E-state index in [2.05, 4.69) is 20.4 Å². The predicted molar refractivity (Wildman–Crippen MR) is 179 cm³/mol. The highest BCUT2D eigenvalue weighted by atomic mass is 19.1. The number of nitrogens with zero attached hydrogens (tertiary/aromatic N) is 6. The van der Waals surface area contributed by atoms with Crippen molar-refractivity contribution in [2.75, 3.05) is 25.1 Å².